The van der Waals surface area contributed by atoms with Crippen LogP contribution in [0.1, 0.15) is 38.5 Å². The Balaban J connectivity index is 1.57. The van der Waals surface area contributed by atoms with Crippen LogP contribution in [0.2, 0.25) is 0 Å². The highest BCUT2D eigenvalue weighted by Crippen LogP contribution is 2.32. The molecule has 0 bridgehead atoms. The van der Waals surface area contributed by atoms with E-state index in [-0.39, 0.29) is 24.9 Å². The molecule has 150 valence electrons. The third-order valence-electron chi connectivity index (χ3n) is 5.66. The molecule has 27 heavy (non-hydrogen) atoms. The zero-order chi connectivity index (χ0) is 19.4. The number of hydrogen-bond acceptors (Lipinski definition) is 5. The number of imide groups is 1. The second-order valence-corrected chi connectivity index (χ2v) is 7.56. The molecule has 1 aliphatic carbocycles. The number of nitrogens with zero attached hydrogens (tertiary/aromatic N) is 3. The fraction of sp³-hybridized carbons (Fsp3) is 0.778. The minimum atomic E-state index is -0.851. The molecule has 9 nitrogen and oxygen atoms in total. The van der Waals surface area contributed by atoms with E-state index in [1.807, 2.05) is 0 Å². The molecule has 0 atom stereocenters. The fourth-order valence-electron chi connectivity index (χ4n) is 3.95. The molecule has 0 aromatic carbocycles. The van der Waals surface area contributed by atoms with Crippen LogP contribution in [-0.2, 0) is 19.1 Å². The average Bonchev–Trinajstić information content (AvgIpc) is 2.83. The van der Waals surface area contributed by atoms with Crippen molar-refractivity contribution >= 4 is 23.8 Å². The molecule has 5 amide bonds. The molecule has 1 spiro atoms. The summed E-state index contributed by atoms with van der Waals surface area (Å²) in [5, 5.41) is 2.82. The third-order valence-corrected chi connectivity index (χ3v) is 5.66. The fourth-order valence-corrected chi connectivity index (χ4v) is 3.95. The largest absolute Gasteiger partial charge is 0.378 e. The Morgan fingerprint density at radius 2 is 1.74 bits per heavy atom. The van der Waals surface area contributed by atoms with E-state index in [0.29, 0.717) is 39.1 Å². The summed E-state index contributed by atoms with van der Waals surface area (Å²) >= 11 is 0. The van der Waals surface area contributed by atoms with Gasteiger partial charge in [-0.15, -0.1) is 0 Å². The number of ether oxygens (including phenoxy) is 1. The Kier molecular flexibility index (Phi) is 5.98. The Morgan fingerprint density at radius 1 is 1.11 bits per heavy atom. The average molecular weight is 380 g/mol. The molecule has 0 unspecified atom stereocenters. The lowest BCUT2D eigenvalue weighted by Crippen LogP contribution is -2.49. The lowest BCUT2D eigenvalue weighted by Gasteiger charge is -2.29. The lowest BCUT2D eigenvalue weighted by molar-refractivity contribution is -0.143. The van der Waals surface area contributed by atoms with Crippen LogP contribution in [0.3, 0.4) is 0 Å². The van der Waals surface area contributed by atoms with Gasteiger partial charge in [0, 0.05) is 20.1 Å². The molecule has 3 aliphatic rings. The van der Waals surface area contributed by atoms with Gasteiger partial charge in [-0.1, -0.05) is 25.7 Å². The smallest absolute Gasteiger partial charge is 0.325 e. The molecule has 1 N–H and O–H groups in total. The van der Waals surface area contributed by atoms with Crippen LogP contribution in [0.15, 0.2) is 0 Å². The summed E-state index contributed by atoms with van der Waals surface area (Å²) in [6.45, 7) is 1.60. The molecule has 0 aromatic heterocycles. The molecular formula is C18H28N4O5. The van der Waals surface area contributed by atoms with Crippen molar-refractivity contribution in [2.45, 2.75) is 44.1 Å². The van der Waals surface area contributed by atoms with Crippen LogP contribution in [0, 0.1) is 0 Å². The van der Waals surface area contributed by atoms with Gasteiger partial charge in [-0.05, 0) is 12.8 Å². The zero-order valence-corrected chi connectivity index (χ0v) is 15.9. The van der Waals surface area contributed by atoms with Crippen molar-refractivity contribution in [3.63, 3.8) is 0 Å². The van der Waals surface area contributed by atoms with Crippen molar-refractivity contribution in [1.29, 1.82) is 0 Å². The number of carbonyl (C=O) groups excluding carboxylic acids is 4. The number of carbonyl (C=O) groups is 4. The predicted molar refractivity (Wildman–Crippen MR) is 95.7 cm³/mol. The number of amides is 5. The van der Waals surface area contributed by atoms with Gasteiger partial charge in [0.25, 0.3) is 5.91 Å². The summed E-state index contributed by atoms with van der Waals surface area (Å²) in [5.41, 5.74) is -0.851. The van der Waals surface area contributed by atoms with Gasteiger partial charge in [-0.3, -0.25) is 19.3 Å². The molecule has 0 aromatic rings. The number of morpholine rings is 1. The zero-order valence-electron chi connectivity index (χ0n) is 15.9. The minimum absolute atomic E-state index is 0.0758. The van der Waals surface area contributed by atoms with Crippen molar-refractivity contribution in [3.8, 4) is 0 Å². The summed E-state index contributed by atoms with van der Waals surface area (Å²) in [6, 6.07) is -0.511. The second kappa shape index (κ2) is 8.24. The number of urea groups is 1. The van der Waals surface area contributed by atoms with E-state index < -0.39 is 17.5 Å². The summed E-state index contributed by atoms with van der Waals surface area (Å²) in [7, 11) is 1.51. The summed E-state index contributed by atoms with van der Waals surface area (Å²) in [5.74, 6) is -0.895. The molecule has 9 heteroatoms. The maximum Gasteiger partial charge on any atom is 0.325 e. The molecule has 2 saturated heterocycles. The number of likely N-dealkylation sites (N-methyl/N-ethyl adjacent to an activating group) is 1. The van der Waals surface area contributed by atoms with E-state index in [9.17, 15) is 19.2 Å². The molecule has 1 saturated carbocycles. The van der Waals surface area contributed by atoms with Gasteiger partial charge < -0.3 is 19.9 Å². The van der Waals surface area contributed by atoms with Crippen LogP contribution in [0.4, 0.5) is 4.79 Å². The topological polar surface area (TPSA) is 99.3 Å². The van der Waals surface area contributed by atoms with Crippen LogP contribution < -0.4 is 5.32 Å². The minimum Gasteiger partial charge on any atom is -0.378 e. The highest BCUT2D eigenvalue weighted by molar-refractivity contribution is 6.09. The Labute approximate surface area is 159 Å². The van der Waals surface area contributed by atoms with Crippen LogP contribution in [0.25, 0.3) is 0 Å². The molecule has 3 fully saturated rings. The molecular weight excluding hydrogens is 352 g/mol. The monoisotopic (exact) mass is 380 g/mol. The highest BCUT2D eigenvalue weighted by Gasteiger charge is 2.51. The third kappa shape index (κ3) is 4.23. The first-order valence-corrected chi connectivity index (χ1v) is 9.66. The van der Waals surface area contributed by atoms with Gasteiger partial charge in [0.05, 0.1) is 19.8 Å². The van der Waals surface area contributed by atoms with Gasteiger partial charge >= 0.3 is 6.03 Å². The maximum absolute atomic E-state index is 12.9. The number of hydrogen-bond donors (Lipinski definition) is 1. The van der Waals surface area contributed by atoms with E-state index in [2.05, 4.69) is 5.32 Å². The summed E-state index contributed by atoms with van der Waals surface area (Å²) in [6.07, 6.45) is 5.12. The van der Waals surface area contributed by atoms with Crippen molar-refractivity contribution in [2.75, 3.05) is 46.4 Å². The van der Waals surface area contributed by atoms with Crippen molar-refractivity contribution in [3.05, 3.63) is 0 Å². The molecule has 3 rings (SSSR count). The van der Waals surface area contributed by atoms with Crippen molar-refractivity contribution in [1.82, 2.24) is 20.0 Å². The number of rotatable bonds is 4. The van der Waals surface area contributed by atoms with E-state index in [1.54, 1.807) is 4.90 Å². The summed E-state index contributed by atoms with van der Waals surface area (Å²) < 4.78 is 5.22. The highest BCUT2D eigenvalue weighted by atomic mass is 16.5. The van der Waals surface area contributed by atoms with Gasteiger partial charge in [0.1, 0.15) is 12.1 Å². The normalized spacial score (nSPS) is 22.6. The van der Waals surface area contributed by atoms with Crippen molar-refractivity contribution in [2.24, 2.45) is 0 Å². The maximum atomic E-state index is 12.9. The van der Waals surface area contributed by atoms with Gasteiger partial charge in [-0.2, -0.15) is 0 Å². The standard InChI is InChI=1S/C18H28N4O5/c1-20(12-15(24)21-8-10-27-11-9-21)14(23)13-22-16(25)18(19-17(22)26)6-4-2-3-5-7-18/h2-13H2,1H3,(H,19,26). The predicted octanol–water partition coefficient (Wildman–Crippen LogP) is -0.0516. The SMILES string of the molecule is CN(CC(=O)N1CCOCC1)C(=O)CN1C(=O)NC2(CCCCCC2)C1=O. The lowest BCUT2D eigenvalue weighted by atomic mass is 9.90. The molecule has 2 aliphatic heterocycles. The molecule has 0 radical (unpaired) electrons. The first-order chi connectivity index (χ1) is 12.9. The first kappa shape index (κ1) is 19.6. The quantitative estimate of drug-likeness (QED) is 0.690. The molecule has 2 heterocycles. The Morgan fingerprint density at radius 3 is 2.37 bits per heavy atom. The van der Waals surface area contributed by atoms with Crippen LogP contribution >= 0.6 is 0 Å². The van der Waals surface area contributed by atoms with Crippen LogP contribution in [0.5, 0.6) is 0 Å². The van der Waals surface area contributed by atoms with E-state index >= 15 is 0 Å². The van der Waals surface area contributed by atoms with E-state index in [4.69, 9.17) is 4.74 Å². The Hall–Kier alpha value is -2.16. The van der Waals surface area contributed by atoms with E-state index in [0.717, 1.165) is 30.6 Å². The van der Waals surface area contributed by atoms with Crippen LogP contribution in [-0.4, -0.2) is 90.4 Å². The first-order valence-electron chi connectivity index (χ1n) is 9.66. The Bertz CT molecular complexity index is 609. The van der Waals surface area contributed by atoms with Gasteiger partial charge in [-0.25, -0.2) is 4.79 Å². The van der Waals surface area contributed by atoms with Gasteiger partial charge in [0.2, 0.25) is 11.8 Å². The van der Waals surface area contributed by atoms with E-state index in [1.165, 1.54) is 11.9 Å². The summed E-state index contributed by atoms with van der Waals surface area (Å²) in [4.78, 5) is 53.9. The van der Waals surface area contributed by atoms with Gasteiger partial charge in [0.15, 0.2) is 0 Å². The van der Waals surface area contributed by atoms with Crippen molar-refractivity contribution < 1.29 is 23.9 Å². The number of nitrogens with one attached hydrogen (secondary N) is 1. The second-order valence-electron chi connectivity index (χ2n) is 7.56.